The summed E-state index contributed by atoms with van der Waals surface area (Å²) in [5.41, 5.74) is 5.40. The fourth-order valence-corrected chi connectivity index (χ4v) is 3.71. The summed E-state index contributed by atoms with van der Waals surface area (Å²) in [6.45, 7) is 5.27. The van der Waals surface area contributed by atoms with Crippen LogP contribution < -0.4 is 0 Å². The monoisotopic (exact) mass is 380 g/mol. The smallest absolute Gasteiger partial charge is 0.123 e. The standard InChI is InChI=1S/C22H25FN4O/c1-16-9-18(10-17-3-5-20(23)6-4-17)11-21(25-16)22-15-27(7-8-28-22)14-19-12-24-26(2)13-19/h3-6,9,11-13,22H,7-8,10,14-15H2,1-2H3/t22-/m1/s1. The summed E-state index contributed by atoms with van der Waals surface area (Å²) in [5, 5.41) is 4.25. The second-order valence-electron chi connectivity index (χ2n) is 7.46. The summed E-state index contributed by atoms with van der Waals surface area (Å²) in [6.07, 6.45) is 4.67. The molecule has 0 radical (unpaired) electrons. The van der Waals surface area contributed by atoms with Gasteiger partial charge in [-0.2, -0.15) is 5.10 Å². The van der Waals surface area contributed by atoms with Crippen LogP contribution in [0.25, 0.3) is 0 Å². The third-order valence-corrected chi connectivity index (χ3v) is 5.00. The van der Waals surface area contributed by atoms with Crippen LogP contribution in [0.15, 0.2) is 48.8 Å². The molecule has 0 saturated carbocycles. The third kappa shape index (κ3) is 4.64. The van der Waals surface area contributed by atoms with E-state index in [2.05, 4.69) is 28.3 Å². The highest BCUT2D eigenvalue weighted by Crippen LogP contribution is 2.24. The molecule has 4 rings (SSSR count). The maximum absolute atomic E-state index is 13.2. The lowest BCUT2D eigenvalue weighted by Crippen LogP contribution is -2.38. The molecule has 0 N–H and O–H groups in total. The van der Waals surface area contributed by atoms with Crippen molar-refractivity contribution in [1.29, 1.82) is 0 Å². The number of aryl methyl sites for hydroxylation is 2. The highest BCUT2D eigenvalue weighted by Gasteiger charge is 2.24. The first-order valence-electron chi connectivity index (χ1n) is 9.58. The minimum atomic E-state index is -0.209. The van der Waals surface area contributed by atoms with E-state index in [1.165, 1.54) is 23.3 Å². The van der Waals surface area contributed by atoms with E-state index in [4.69, 9.17) is 9.72 Å². The Morgan fingerprint density at radius 1 is 1.14 bits per heavy atom. The van der Waals surface area contributed by atoms with E-state index in [1.807, 2.05) is 37.0 Å². The zero-order chi connectivity index (χ0) is 19.5. The van der Waals surface area contributed by atoms with Crippen molar-refractivity contribution >= 4 is 0 Å². The summed E-state index contributed by atoms with van der Waals surface area (Å²) in [6, 6.07) is 10.9. The average molecular weight is 380 g/mol. The number of halogens is 1. The number of rotatable bonds is 5. The predicted octanol–water partition coefficient (Wildman–Crippen LogP) is 3.43. The van der Waals surface area contributed by atoms with Crippen LogP contribution in [-0.2, 0) is 24.8 Å². The second-order valence-corrected chi connectivity index (χ2v) is 7.46. The fraction of sp³-hybridized carbons (Fsp3) is 0.364. The van der Waals surface area contributed by atoms with Crippen molar-refractivity contribution in [3.63, 3.8) is 0 Å². The minimum Gasteiger partial charge on any atom is -0.369 e. The Morgan fingerprint density at radius 2 is 1.96 bits per heavy atom. The highest BCUT2D eigenvalue weighted by atomic mass is 19.1. The molecule has 1 aliphatic heterocycles. The third-order valence-electron chi connectivity index (χ3n) is 5.00. The molecule has 0 spiro atoms. The van der Waals surface area contributed by atoms with Crippen molar-refractivity contribution in [3.05, 3.63) is 82.7 Å². The van der Waals surface area contributed by atoms with Crippen LogP contribution in [-0.4, -0.2) is 39.4 Å². The molecule has 1 aromatic carbocycles. The van der Waals surface area contributed by atoms with E-state index < -0.39 is 0 Å². The summed E-state index contributed by atoms with van der Waals surface area (Å²) in [5.74, 6) is -0.209. The summed E-state index contributed by atoms with van der Waals surface area (Å²) >= 11 is 0. The summed E-state index contributed by atoms with van der Waals surface area (Å²) in [4.78, 5) is 7.11. The molecule has 0 amide bonds. The molecule has 6 heteroatoms. The van der Waals surface area contributed by atoms with Gasteiger partial charge in [0.05, 0.1) is 18.5 Å². The number of pyridine rings is 1. The molecule has 28 heavy (non-hydrogen) atoms. The van der Waals surface area contributed by atoms with E-state index in [-0.39, 0.29) is 11.9 Å². The topological polar surface area (TPSA) is 43.2 Å². The number of benzene rings is 1. The predicted molar refractivity (Wildman–Crippen MR) is 105 cm³/mol. The first-order chi connectivity index (χ1) is 13.5. The number of morpholine rings is 1. The molecule has 3 heterocycles. The number of hydrogen-bond donors (Lipinski definition) is 0. The van der Waals surface area contributed by atoms with Gasteiger partial charge in [0.1, 0.15) is 11.9 Å². The van der Waals surface area contributed by atoms with Gasteiger partial charge in [-0.1, -0.05) is 12.1 Å². The number of ether oxygens (including phenoxy) is 1. The molecular formula is C22H25FN4O. The van der Waals surface area contributed by atoms with Crippen molar-refractivity contribution in [3.8, 4) is 0 Å². The molecule has 146 valence electrons. The zero-order valence-electron chi connectivity index (χ0n) is 16.3. The molecule has 1 aliphatic rings. The van der Waals surface area contributed by atoms with E-state index in [0.717, 1.165) is 43.0 Å². The maximum Gasteiger partial charge on any atom is 0.123 e. The Labute approximate surface area is 164 Å². The van der Waals surface area contributed by atoms with Gasteiger partial charge in [-0.25, -0.2) is 4.39 Å². The van der Waals surface area contributed by atoms with Crippen molar-refractivity contribution in [2.24, 2.45) is 7.05 Å². The first kappa shape index (κ1) is 18.8. The molecule has 0 bridgehead atoms. The van der Waals surface area contributed by atoms with Crippen LogP contribution in [0.3, 0.4) is 0 Å². The Hall–Kier alpha value is -2.57. The Kier molecular flexibility index (Phi) is 5.50. The molecule has 1 fully saturated rings. The summed E-state index contributed by atoms with van der Waals surface area (Å²) in [7, 11) is 1.94. The van der Waals surface area contributed by atoms with Gasteiger partial charge in [0, 0.05) is 44.1 Å². The van der Waals surface area contributed by atoms with Gasteiger partial charge in [-0.05, 0) is 48.7 Å². The SMILES string of the molecule is Cc1cc(Cc2ccc(F)cc2)cc([C@H]2CN(Cc3cnn(C)c3)CCO2)n1. The first-order valence-corrected chi connectivity index (χ1v) is 9.58. The van der Waals surface area contributed by atoms with Gasteiger partial charge in [0.25, 0.3) is 0 Å². The van der Waals surface area contributed by atoms with Crippen molar-refractivity contribution in [2.75, 3.05) is 19.7 Å². The van der Waals surface area contributed by atoms with Crippen LogP contribution >= 0.6 is 0 Å². The van der Waals surface area contributed by atoms with Crippen LogP contribution in [0.5, 0.6) is 0 Å². The zero-order valence-corrected chi connectivity index (χ0v) is 16.3. The number of nitrogens with zero attached hydrogens (tertiary/aromatic N) is 4. The second kappa shape index (κ2) is 8.20. The van der Waals surface area contributed by atoms with Crippen LogP contribution in [0.1, 0.15) is 34.2 Å². The van der Waals surface area contributed by atoms with E-state index in [0.29, 0.717) is 6.61 Å². The molecule has 5 nitrogen and oxygen atoms in total. The molecule has 0 unspecified atom stereocenters. The fourth-order valence-electron chi connectivity index (χ4n) is 3.71. The molecular weight excluding hydrogens is 355 g/mol. The molecule has 2 aromatic heterocycles. The lowest BCUT2D eigenvalue weighted by atomic mass is 10.0. The van der Waals surface area contributed by atoms with Gasteiger partial charge >= 0.3 is 0 Å². The highest BCUT2D eigenvalue weighted by molar-refractivity contribution is 5.29. The lowest BCUT2D eigenvalue weighted by Gasteiger charge is -2.32. The molecule has 3 aromatic rings. The Balaban J connectivity index is 1.48. The van der Waals surface area contributed by atoms with Crippen molar-refractivity contribution in [1.82, 2.24) is 19.7 Å². The van der Waals surface area contributed by atoms with Crippen LogP contribution in [0.2, 0.25) is 0 Å². The van der Waals surface area contributed by atoms with Crippen LogP contribution in [0, 0.1) is 12.7 Å². The number of aromatic nitrogens is 3. The van der Waals surface area contributed by atoms with E-state index in [9.17, 15) is 4.39 Å². The van der Waals surface area contributed by atoms with Crippen molar-refractivity contribution < 1.29 is 9.13 Å². The quantitative estimate of drug-likeness (QED) is 0.680. The maximum atomic E-state index is 13.2. The van der Waals surface area contributed by atoms with E-state index in [1.54, 1.807) is 0 Å². The molecule has 1 saturated heterocycles. The number of hydrogen-bond acceptors (Lipinski definition) is 4. The van der Waals surface area contributed by atoms with Gasteiger partial charge in [0.15, 0.2) is 0 Å². The molecule has 0 aliphatic carbocycles. The lowest BCUT2D eigenvalue weighted by molar-refractivity contribution is -0.0350. The normalized spacial score (nSPS) is 17.8. The van der Waals surface area contributed by atoms with Crippen molar-refractivity contribution in [2.45, 2.75) is 26.0 Å². The summed E-state index contributed by atoms with van der Waals surface area (Å²) < 4.78 is 21.0. The van der Waals surface area contributed by atoms with Gasteiger partial charge < -0.3 is 4.74 Å². The largest absolute Gasteiger partial charge is 0.369 e. The minimum absolute atomic E-state index is 0.0442. The Bertz CT molecular complexity index is 938. The van der Waals surface area contributed by atoms with Gasteiger partial charge in [-0.15, -0.1) is 0 Å². The molecule has 1 atom stereocenters. The Morgan fingerprint density at radius 3 is 2.71 bits per heavy atom. The van der Waals surface area contributed by atoms with Crippen LogP contribution in [0.4, 0.5) is 4.39 Å². The average Bonchev–Trinajstić information content (AvgIpc) is 3.08. The van der Waals surface area contributed by atoms with E-state index >= 15 is 0 Å². The van der Waals surface area contributed by atoms with Gasteiger partial charge in [-0.3, -0.25) is 14.6 Å². The van der Waals surface area contributed by atoms with Gasteiger partial charge in [0.2, 0.25) is 0 Å².